The smallest absolute Gasteiger partial charge is 0.191 e. The predicted molar refractivity (Wildman–Crippen MR) is 102 cm³/mol. The van der Waals surface area contributed by atoms with E-state index < -0.39 is 6.10 Å². The maximum atomic E-state index is 10.6. The van der Waals surface area contributed by atoms with Crippen molar-refractivity contribution >= 4 is 5.96 Å². The lowest BCUT2D eigenvalue weighted by Crippen LogP contribution is -2.41. The van der Waals surface area contributed by atoms with Crippen LogP contribution in [0.4, 0.5) is 0 Å². The molecule has 1 heterocycles. The Morgan fingerprint density at radius 1 is 1.35 bits per heavy atom. The van der Waals surface area contributed by atoms with E-state index in [0.29, 0.717) is 36.1 Å². The molecule has 0 aromatic heterocycles. The summed E-state index contributed by atoms with van der Waals surface area (Å²) >= 11 is 0. The summed E-state index contributed by atoms with van der Waals surface area (Å²) < 4.78 is 16.4. The van der Waals surface area contributed by atoms with Gasteiger partial charge in [0.15, 0.2) is 5.96 Å². The van der Waals surface area contributed by atoms with Gasteiger partial charge in [0.25, 0.3) is 0 Å². The molecule has 2 rings (SSSR count). The molecule has 7 heteroatoms. The van der Waals surface area contributed by atoms with Gasteiger partial charge in [-0.3, -0.25) is 4.99 Å². The molecule has 0 amide bonds. The molecule has 3 N–H and O–H groups in total. The van der Waals surface area contributed by atoms with E-state index in [1.165, 1.54) is 0 Å². The molecule has 1 aromatic carbocycles. The minimum absolute atomic E-state index is 0.197. The zero-order chi connectivity index (χ0) is 19.0. The van der Waals surface area contributed by atoms with Gasteiger partial charge in [0.1, 0.15) is 11.5 Å². The number of hydrogen-bond donors (Lipinski definition) is 3. The Morgan fingerprint density at radius 2 is 2.15 bits per heavy atom. The fraction of sp³-hybridized carbons (Fsp3) is 0.632. The second-order valence-electron chi connectivity index (χ2n) is 6.60. The predicted octanol–water partition coefficient (Wildman–Crippen LogP) is 1.86. The molecule has 0 aliphatic carbocycles. The van der Waals surface area contributed by atoms with Crippen LogP contribution in [0.3, 0.4) is 0 Å². The van der Waals surface area contributed by atoms with Crippen LogP contribution >= 0.6 is 0 Å². The SMILES string of the molecule is CCNC(=NCC1(C)CCCO1)NCC(O)c1cc(OC)ccc1OC. The zero-order valence-electron chi connectivity index (χ0n) is 16.2. The summed E-state index contributed by atoms with van der Waals surface area (Å²) in [5, 5.41) is 17.0. The average Bonchev–Trinajstić information content (AvgIpc) is 3.10. The molecule has 1 aromatic rings. The van der Waals surface area contributed by atoms with Gasteiger partial charge in [-0.15, -0.1) is 0 Å². The Labute approximate surface area is 155 Å². The molecule has 0 spiro atoms. The lowest BCUT2D eigenvalue weighted by molar-refractivity contribution is 0.0283. The van der Waals surface area contributed by atoms with Gasteiger partial charge in [0, 0.05) is 25.3 Å². The van der Waals surface area contributed by atoms with Crippen LogP contribution in [0.15, 0.2) is 23.2 Å². The van der Waals surface area contributed by atoms with Crippen LogP contribution in [0, 0.1) is 0 Å². The maximum Gasteiger partial charge on any atom is 0.191 e. The number of aliphatic imine (C=N–C) groups is 1. The summed E-state index contributed by atoms with van der Waals surface area (Å²) in [5.74, 6) is 1.95. The van der Waals surface area contributed by atoms with Crippen LogP contribution < -0.4 is 20.1 Å². The van der Waals surface area contributed by atoms with Gasteiger partial charge in [-0.25, -0.2) is 0 Å². The number of benzene rings is 1. The first-order chi connectivity index (χ1) is 12.5. The van der Waals surface area contributed by atoms with Gasteiger partial charge in [0.05, 0.1) is 32.5 Å². The largest absolute Gasteiger partial charge is 0.497 e. The molecule has 0 radical (unpaired) electrons. The molecular weight excluding hydrogens is 334 g/mol. The lowest BCUT2D eigenvalue weighted by Gasteiger charge is -2.22. The van der Waals surface area contributed by atoms with Crippen molar-refractivity contribution in [2.45, 2.75) is 38.4 Å². The van der Waals surface area contributed by atoms with E-state index in [0.717, 1.165) is 26.0 Å². The average molecular weight is 365 g/mol. The highest BCUT2D eigenvalue weighted by atomic mass is 16.5. The van der Waals surface area contributed by atoms with E-state index in [1.54, 1.807) is 32.4 Å². The van der Waals surface area contributed by atoms with Gasteiger partial charge < -0.3 is 30.0 Å². The monoisotopic (exact) mass is 365 g/mol. The Hall–Kier alpha value is -1.99. The molecule has 1 fully saturated rings. The summed E-state index contributed by atoms with van der Waals surface area (Å²) in [5.41, 5.74) is 0.470. The van der Waals surface area contributed by atoms with Crippen molar-refractivity contribution in [3.63, 3.8) is 0 Å². The first kappa shape index (κ1) is 20.3. The molecule has 146 valence electrons. The standard InChI is InChI=1S/C19H31N3O4/c1-5-20-18(22-13-19(2)9-6-10-26-19)21-12-16(23)15-11-14(24-3)7-8-17(15)25-4/h7-8,11,16,23H,5-6,9-10,12-13H2,1-4H3,(H2,20,21,22). The highest BCUT2D eigenvalue weighted by Gasteiger charge is 2.29. The van der Waals surface area contributed by atoms with Crippen molar-refractivity contribution in [3.05, 3.63) is 23.8 Å². The minimum atomic E-state index is -0.762. The lowest BCUT2D eigenvalue weighted by atomic mass is 10.0. The number of ether oxygens (including phenoxy) is 3. The molecule has 0 bridgehead atoms. The van der Waals surface area contributed by atoms with Crippen LogP contribution in [-0.4, -0.2) is 57.1 Å². The molecule has 1 aliphatic heterocycles. The van der Waals surface area contributed by atoms with Crippen molar-refractivity contribution in [2.75, 3.05) is 40.5 Å². The minimum Gasteiger partial charge on any atom is -0.497 e. The van der Waals surface area contributed by atoms with E-state index >= 15 is 0 Å². The normalized spacial score (nSPS) is 21.3. The molecule has 0 saturated carbocycles. The highest BCUT2D eigenvalue weighted by Crippen LogP contribution is 2.29. The number of guanidine groups is 1. The third kappa shape index (κ3) is 5.51. The zero-order valence-corrected chi connectivity index (χ0v) is 16.2. The topological polar surface area (TPSA) is 84.3 Å². The van der Waals surface area contributed by atoms with Crippen LogP contribution in [0.2, 0.25) is 0 Å². The number of nitrogens with one attached hydrogen (secondary N) is 2. The quantitative estimate of drug-likeness (QED) is 0.482. The third-order valence-electron chi connectivity index (χ3n) is 4.48. The molecule has 2 unspecified atom stereocenters. The Bertz CT molecular complexity index is 600. The van der Waals surface area contributed by atoms with Gasteiger partial charge in [-0.2, -0.15) is 0 Å². The van der Waals surface area contributed by atoms with Gasteiger partial charge in [0.2, 0.25) is 0 Å². The first-order valence-electron chi connectivity index (χ1n) is 9.07. The molecule has 26 heavy (non-hydrogen) atoms. The fourth-order valence-corrected chi connectivity index (χ4v) is 2.95. The van der Waals surface area contributed by atoms with Crippen molar-refractivity contribution in [3.8, 4) is 11.5 Å². The molecule has 1 aliphatic rings. The van der Waals surface area contributed by atoms with Gasteiger partial charge in [-0.1, -0.05) is 0 Å². The van der Waals surface area contributed by atoms with Gasteiger partial charge in [-0.05, 0) is 44.9 Å². The number of methoxy groups -OCH3 is 2. The second kappa shape index (κ2) is 9.64. The molecular formula is C19H31N3O4. The van der Waals surface area contributed by atoms with E-state index in [2.05, 4.69) is 22.5 Å². The van der Waals surface area contributed by atoms with E-state index in [-0.39, 0.29) is 5.60 Å². The second-order valence-corrected chi connectivity index (χ2v) is 6.60. The number of nitrogens with zero attached hydrogens (tertiary/aromatic N) is 1. The number of hydrogen-bond acceptors (Lipinski definition) is 5. The number of aliphatic hydroxyl groups excluding tert-OH is 1. The Balaban J connectivity index is 2.01. The first-order valence-corrected chi connectivity index (χ1v) is 9.07. The summed E-state index contributed by atoms with van der Waals surface area (Å²) in [6, 6.07) is 5.37. The molecule has 2 atom stereocenters. The Morgan fingerprint density at radius 3 is 2.77 bits per heavy atom. The number of aliphatic hydroxyl groups is 1. The molecule has 1 saturated heterocycles. The number of rotatable bonds is 8. The summed E-state index contributed by atoms with van der Waals surface area (Å²) in [4.78, 5) is 4.61. The van der Waals surface area contributed by atoms with E-state index in [1.807, 2.05) is 6.92 Å². The van der Waals surface area contributed by atoms with Gasteiger partial charge >= 0.3 is 0 Å². The van der Waals surface area contributed by atoms with Crippen molar-refractivity contribution in [1.82, 2.24) is 10.6 Å². The molecule has 7 nitrogen and oxygen atoms in total. The Kier molecular flexibility index (Phi) is 7.53. The third-order valence-corrected chi connectivity index (χ3v) is 4.48. The van der Waals surface area contributed by atoms with Crippen molar-refractivity contribution < 1.29 is 19.3 Å². The van der Waals surface area contributed by atoms with Crippen molar-refractivity contribution in [2.24, 2.45) is 4.99 Å². The summed E-state index contributed by atoms with van der Waals surface area (Å²) in [6.07, 6.45) is 1.33. The van der Waals surface area contributed by atoms with Crippen LogP contribution in [-0.2, 0) is 4.74 Å². The highest BCUT2D eigenvalue weighted by molar-refractivity contribution is 5.79. The van der Waals surface area contributed by atoms with Crippen molar-refractivity contribution in [1.29, 1.82) is 0 Å². The maximum absolute atomic E-state index is 10.6. The van der Waals surface area contributed by atoms with Crippen LogP contribution in [0.25, 0.3) is 0 Å². The summed E-state index contributed by atoms with van der Waals surface area (Å²) in [7, 11) is 3.18. The summed E-state index contributed by atoms with van der Waals surface area (Å²) in [6.45, 7) is 6.51. The van der Waals surface area contributed by atoms with E-state index in [4.69, 9.17) is 14.2 Å². The van der Waals surface area contributed by atoms with Crippen LogP contribution in [0.5, 0.6) is 11.5 Å². The van der Waals surface area contributed by atoms with Crippen LogP contribution in [0.1, 0.15) is 38.4 Å². The van der Waals surface area contributed by atoms with E-state index in [9.17, 15) is 5.11 Å². The fourth-order valence-electron chi connectivity index (χ4n) is 2.95.